The number of nitrogens with zero attached hydrogens (tertiary/aromatic N) is 1. The molecule has 1 aliphatic heterocycles. The average molecular weight is 322 g/mol. The van der Waals surface area contributed by atoms with Crippen LogP contribution in [0.15, 0.2) is 24.3 Å². The van der Waals surface area contributed by atoms with E-state index in [1.54, 1.807) is 24.3 Å². The van der Waals surface area contributed by atoms with Crippen molar-refractivity contribution in [3.05, 3.63) is 29.8 Å². The Bertz CT molecular complexity index is 639. The third kappa shape index (κ3) is 4.46. The third-order valence-corrected chi connectivity index (χ3v) is 5.20. The molecule has 22 heavy (non-hydrogen) atoms. The van der Waals surface area contributed by atoms with Gasteiger partial charge in [-0.3, -0.25) is 4.72 Å². The first kappa shape index (κ1) is 16.8. The number of hydrogen-bond donors (Lipinski definition) is 1. The number of nitriles is 1. The molecule has 1 aromatic rings. The van der Waals surface area contributed by atoms with Crippen molar-refractivity contribution in [3.8, 4) is 6.07 Å². The molecule has 0 unspecified atom stereocenters. The Kier molecular flexibility index (Phi) is 5.09. The largest absolute Gasteiger partial charge is 0.377 e. The number of anilines is 1. The smallest absolute Gasteiger partial charge is 0.235 e. The Labute approximate surface area is 132 Å². The molecule has 1 aliphatic rings. The van der Waals surface area contributed by atoms with Crippen molar-refractivity contribution < 1.29 is 13.2 Å². The molecule has 0 spiro atoms. The van der Waals surface area contributed by atoms with Crippen molar-refractivity contribution in [3.63, 3.8) is 0 Å². The number of benzene rings is 1. The molecule has 1 fully saturated rings. The van der Waals surface area contributed by atoms with Gasteiger partial charge in [0.15, 0.2) is 0 Å². The normalized spacial score (nSPS) is 19.4. The fourth-order valence-electron chi connectivity index (χ4n) is 2.42. The predicted octanol–water partition coefficient (Wildman–Crippen LogP) is 2.80. The van der Waals surface area contributed by atoms with Crippen LogP contribution in [0.1, 0.15) is 38.7 Å². The molecule has 120 valence electrons. The molecule has 1 heterocycles. The average Bonchev–Trinajstić information content (AvgIpc) is 2.48. The Balaban J connectivity index is 2.02. The van der Waals surface area contributed by atoms with E-state index < -0.39 is 15.4 Å². The van der Waals surface area contributed by atoms with Crippen molar-refractivity contribution in [2.45, 2.75) is 44.6 Å². The van der Waals surface area contributed by atoms with Crippen LogP contribution in [0, 0.1) is 11.3 Å². The maximum atomic E-state index is 12.2. The van der Waals surface area contributed by atoms with E-state index in [2.05, 4.69) is 10.8 Å². The molecule has 1 N–H and O–H groups in total. The molecule has 2 rings (SSSR count). The summed E-state index contributed by atoms with van der Waals surface area (Å²) in [5.74, 6) is -0.0154. The van der Waals surface area contributed by atoms with Crippen LogP contribution in [0.5, 0.6) is 0 Å². The third-order valence-electron chi connectivity index (χ3n) is 3.84. The van der Waals surface area contributed by atoms with Gasteiger partial charge in [0.1, 0.15) is 0 Å². The molecular weight excluding hydrogens is 300 g/mol. The highest BCUT2D eigenvalue weighted by molar-refractivity contribution is 7.92. The number of ether oxygens (including phenoxy) is 1. The summed E-state index contributed by atoms with van der Waals surface area (Å²) >= 11 is 0. The van der Waals surface area contributed by atoms with Crippen LogP contribution >= 0.6 is 0 Å². The molecule has 5 nitrogen and oxygen atoms in total. The highest BCUT2D eigenvalue weighted by atomic mass is 32.2. The van der Waals surface area contributed by atoms with Gasteiger partial charge in [-0.25, -0.2) is 8.42 Å². The van der Waals surface area contributed by atoms with Crippen LogP contribution in [-0.4, -0.2) is 26.9 Å². The molecule has 6 heteroatoms. The minimum atomic E-state index is -3.43. The highest BCUT2D eigenvalue weighted by Gasteiger charge is 2.23. The van der Waals surface area contributed by atoms with Crippen molar-refractivity contribution in [2.75, 3.05) is 17.1 Å². The maximum Gasteiger partial charge on any atom is 0.235 e. The summed E-state index contributed by atoms with van der Waals surface area (Å²) in [5.41, 5.74) is 0.773. The van der Waals surface area contributed by atoms with Gasteiger partial charge < -0.3 is 4.74 Å². The Hall–Kier alpha value is -1.58. The first-order valence-corrected chi connectivity index (χ1v) is 9.11. The zero-order valence-electron chi connectivity index (χ0n) is 13.0. The first-order chi connectivity index (χ1) is 10.3. The summed E-state index contributed by atoms with van der Waals surface area (Å²) in [6.07, 6.45) is 2.58. The summed E-state index contributed by atoms with van der Waals surface area (Å²) in [4.78, 5) is 0. The topological polar surface area (TPSA) is 79.2 Å². The first-order valence-electron chi connectivity index (χ1n) is 7.46. The number of sulfonamides is 1. The zero-order chi connectivity index (χ0) is 16.2. The number of rotatable bonds is 5. The summed E-state index contributed by atoms with van der Waals surface area (Å²) < 4.78 is 32.4. The quantitative estimate of drug-likeness (QED) is 0.904. The van der Waals surface area contributed by atoms with Crippen molar-refractivity contribution in [2.24, 2.45) is 0 Å². The zero-order valence-corrected chi connectivity index (χ0v) is 13.8. The second kappa shape index (κ2) is 6.67. The molecule has 1 saturated heterocycles. The van der Waals surface area contributed by atoms with Gasteiger partial charge in [-0.2, -0.15) is 5.26 Å². The minimum absolute atomic E-state index is 0.0154. The lowest BCUT2D eigenvalue weighted by Crippen LogP contribution is -2.30. The van der Waals surface area contributed by atoms with E-state index in [4.69, 9.17) is 10.00 Å². The van der Waals surface area contributed by atoms with Gasteiger partial charge in [0.25, 0.3) is 0 Å². The summed E-state index contributed by atoms with van der Waals surface area (Å²) in [7, 11) is -3.43. The Morgan fingerprint density at radius 2 is 2.00 bits per heavy atom. The molecule has 1 atom stereocenters. The highest BCUT2D eigenvalue weighted by Crippen LogP contribution is 2.24. The van der Waals surface area contributed by atoms with Crippen molar-refractivity contribution in [1.82, 2.24) is 0 Å². The fourth-order valence-corrected chi connectivity index (χ4v) is 3.76. The number of nitrogens with one attached hydrogen (secondary N) is 1. The molecular formula is C16H22N2O3S. The Morgan fingerprint density at radius 3 is 2.55 bits per heavy atom. The van der Waals surface area contributed by atoms with E-state index in [-0.39, 0.29) is 11.9 Å². The van der Waals surface area contributed by atoms with E-state index in [9.17, 15) is 8.42 Å². The SMILES string of the molecule is CC(C)(C#N)c1ccc(NS(=O)(=O)C[C@H]2CCCCO2)cc1. The standard InChI is InChI=1S/C16H22N2O3S/c1-16(2,12-17)13-6-8-14(9-7-13)18-22(19,20)11-15-5-3-4-10-21-15/h6-9,15,18H,3-5,10-11H2,1-2H3/t15-/m1/s1. The van der Waals surface area contributed by atoms with E-state index in [1.807, 2.05) is 13.8 Å². The van der Waals surface area contributed by atoms with E-state index in [0.717, 1.165) is 24.8 Å². The van der Waals surface area contributed by atoms with Crippen LogP contribution in [0.3, 0.4) is 0 Å². The summed E-state index contributed by atoms with van der Waals surface area (Å²) in [6, 6.07) is 9.15. The van der Waals surface area contributed by atoms with Crippen LogP contribution < -0.4 is 4.72 Å². The molecule has 0 bridgehead atoms. The van der Waals surface area contributed by atoms with Gasteiger partial charge >= 0.3 is 0 Å². The summed E-state index contributed by atoms with van der Waals surface area (Å²) in [5, 5.41) is 9.11. The van der Waals surface area contributed by atoms with Gasteiger partial charge in [-0.05, 0) is 50.8 Å². The second-order valence-corrected chi connectivity index (χ2v) is 7.95. The monoisotopic (exact) mass is 322 g/mol. The minimum Gasteiger partial charge on any atom is -0.377 e. The lowest BCUT2D eigenvalue weighted by Gasteiger charge is -2.22. The van der Waals surface area contributed by atoms with Gasteiger partial charge in [0, 0.05) is 12.3 Å². The molecule has 0 aliphatic carbocycles. The number of hydrogen-bond acceptors (Lipinski definition) is 4. The van der Waals surface area contributed by atoms with Crippen LogP contribution in [-0.2, 0) is 20.2 Å². The Morgan fingerprint density at radius 1 is 1.32 bits per heavy atom. The van der Waals surface area contributed by atoms with Gasteiger partial charge in [0.2, 0.25) is 10.0 Å². The van der Waals surface area contributed by atoms with E-state index in [1.165, 1.54) is 0 Å². The lowest BCUT2D eigenvalue weighted by molar-refractivity contribution is 0.0306. The van der Waals surface area contributed by atoms with Crippen molar-refractivity contribution in [1.29, 1.82) is 5.26 Å². The summed E-state index contributed by atoms with van der Waals surface area (Å²) in [6.45, 7) is 4.29. The molecule has 0 amide bonds. The molecule has 0 aromatic heterocycles. The fraction of sp³-hybridized carbons (Fsp3) is 0.562. The lowest BCUT2D eigenvalue weighted by atomic mass is 9.86. The second-order valence-electron chi connectivity index (χ2n) is 6.19. The maximum absolute atomic E-state index is 12.2. The van der Waals surface area contributed by atoms with Gasteiger partial charge in [-0.1, -0.05) is 12.1 Å². The van der Waals surface area contributed by atoms with Crippen LogP contribution in [0.25, 0.3) is 0 Å². The molecule has 0 saturated carbocycles. The van der Waals surface area contributed by atoms with Crippen LogP contribution in [0.4, 0.5) is 5.69 Å². The van der Waals surface area contributed by atoms with Gasteiger partial charge in [-0.15, -0.1) is 0 Å². The molecule has 1 aromatic carbocycles. The molecule has 0 radical (unpaired) electrons. The van der Waals surface area contributed by atoms with Gasteiger partial charge in [0.05, 0.1) is 23.3 Å². The van der Waals surface area contributed by atoms with E-state index in [0.29, 0.717) is 12.3 Å². The van der Waals surface area contributed by atoms with Crippen LogP contribution in [0.2, 0.25) is 0 Å². The van der Waals surface area contributed by atoms with E-state index >= 15 is 0 Å². The van der Waals surface area contributed by atoms with Crippen molar-refractivity contribution >= 4 is 15.7 Å². The predicted molar refractivity (Wildman–Crippen MR) is 86.1 cm³/mol.